The zero-order valence-corrected chi connectivity index (χ0v) is 13.6. The van der Waals surface area contributed by atoms with E-state index in [-0.39, 0.29) is 0 Å². The smallest absolute Gasteiger partial charge is 0.192 e. The summed E-state index contributed by atoms with van der Waals surface area (Å²) in [7, 11) is 2.11. The highest BCUT2D eigenvalue weighted by molar-refractivity contribution is 6.00. The Kier molecular flexibility index (Phi) is 2.69. The van der Waals surface area contributed by atoms with E-state index in [0.29, 0.717) is 17.2 Å². The molecule has 124 valence electrons. The highest BCUT2D eigenvalue weighted by atomic mass is 19.2. The van der Waals surface area contributed by atoms with Gasteiger partial charge in [-0.1, -0.05) is 0 Å². The van der Waals surface area contributed by atoms with E-state index in [9.17, 15) is 8.78 Å². The van der Waals surface area contributed by atoms with Crippen molar-refractivity contribution in [1.29, 1.82) is 0 Å². The molecule has 1 fully saturated rings. The van der Waals surface area contributed by atoms with Gasteiger partial charge < -0.3 is 9.32 Å². The summed E-state index contributed by atoms with van der Waals surface area (Å²) in [6.07, 6.45) is 2.11. The Labute approximate surface area is 138 Å². The number of aryl methyl sites for hydroxylation is 1. The molecule has 1 unspecified atom stereocenters. The van der Waals surface area contributed by atoms with E-state index in [0.717, 1.165) is 43.0 Å². The molecule has 1 aliphatic heterocycles. The second-order valence-corrected chi connectivity index (χ2v) is 6.84. The number of hydrogen-bond donors (Lipinski definition) is 0. The third-order valence-corrected chi connectivity index (χ3v) is 5.37. The third kappa shape index (κ3) is 1.70. The molecule has 0 radical (unpaired) electrons. The van der Waals surface area contributed by atoms with Gasteiger partial charge in [0.1, 0.15) is 11.2 Å². The standard InChI is InChI=1S/C18H17F2N3O/c1-10-21-17-16(24-10)12-8-15(20)14(19)7-11(12)13-9-18(13,17)23-5-3-22(2)4-6-23/h7-9H,3-6H2,1-2H3. The van der Waals surface area contributed by atoms with E-state index < -0.39 is 17.2 Å². The minimum absolute atomic E-state index is 0.411. The van der Waals surface area contributed by atoms with Crippen molar-refractivity contribution in [3.63, 3.8) is 0 Å². The predicted octanol–water partition coefficient (Wildman–Crippen LogP) is 2.78. The molecule has 0 spiro atoms. The molecule has 0 bridgehead atoms. The van der Waals surface area contributed by atoms with Crippen LogP contribution in [0.1, 0.15) is 17.1 Å². The van der Waals surface area contributed by atoms with Crippen molar-refractivity contribution in [1.82, 2.24) is 14.8 Å². The number of benzene rings is 1. The summed E-state index contributed by atoms with van der Waals surface area (Å²) >= 11 is 0. The van der Waals surface area contributed by atoms with Crippen LogP contribution < -0.4 is 0 Å². The van der Waals surface area contributed by atoms with Gasteiger partial charge in [0, 0.05) is 38.7 Å². The van der Waals surface area contributed by atoms with Gasteiger partial charge in [-0.15, -0.1) is 0 Å². The van der Waals surface area contributed by atoms with Crippen LogP contribution in [0.2, 0.25) is 0 Å². The topological polar surface area (TPSA) is 32.5 Å². The number of nitrogens with zero attached hydrogens (tertiary/aromatic N) is 3. The van der Waals surface area contributed by atoms with Crippen molar-refractivity contribution in [3.05, 3.63) is 47.0 Å². The molecule has 0 saturated carbocycles. The molecule has 0 N–H and O–H groups in total. The lowest BCUT2D eigenvalue weighted by molar-refractivity contribution is 0.111. The predicted molar refractivity (Wildman–Crippen MR) is 85.3 cm³/mol. The fourth-order valence-electron chi connectivity index (χ4n) is 4.05. The first-order valence-electron chi connectivity index (χ1n) is 8.15. The summed E-state index contributed by atoms with van der Waals surface area (Å²) in [5.41, 5.74) is 2.74. The van der Waals surface area contributed by atoms with Crippen LogP contribution in [0, 0.1) is 18.6 Å². The number of rotatable bonds is 1. The molecule has 1 aromatic heterocycles. The molecular formula is C18H17F2N3O. The third-order valence-electron chi connectivity index (χ3n) is 5.37. The molecule has 1 saturated heterocycles. The lowest BCUT2D eigenvalue weighted by atomic mass is 9.87. The van der Waals surface area contributed by atoms with Gasteiger partial charge in [0.25, 0.3) is 0 Å². The molecular weight excluding hydrogens is 312 g/mol. The molecule has 2 aromatic rings. The van der Waals surface area contributed by atoms with E-state index in [1.54, 1.807) is 6.92 Å². The van der Waals surface area contributed by atoms with Gasteiger partial charge >= 0.3 is 0 Å². The van der Waals surface area contributed by atoms with Crippen LogP contribution in [0.3, 0.4) is 0 Å². The van der Waals surface area contributed by atoms with Gasteiger partial charge in [-0.25, -0.2) is 13.8 Å². The number of likely N-dealkylation sites (N-methyl/N-ethyl adjacent to an activating group) is 1. The van der Waals surface area contributed by atoms with Crippen LogP contribution in [0.4, 0.5) is 8.78 Å². The van der Waals surface area contributed by atoms with Gasteiger partial charge in [-0.05, 0) is 36.4 Å². The van der Waals surface area contributed by atoms with E-state index in [1.807, 2.05) is 0 Å². The molecule has 0 amide bonds. The normalized spacial score (nSPS) is 25.8. The lowest BCUT2D eigenvalue weighted by Gasteiger charge is -2.40. The molecule has 1 atom stereocenters. The Morgan fingerprint density at radius 2 is 1.75 bits per heavy atom. The van der Waals surface area contributed by atoms with E-state index in [4.69, 9.17) is 4.42 Å². The maximum Gasteiger partial charge on any atom is 0.192 e. The highest BCUT2D eigenvalue weighted by Crippen LogP contribution is 2.62. The Morgan fingerprint density at radius 1 is 1.08 bits per heavy atom. The van der Waals surface area contributed by atoms with E-state index in [2.05, 4.69) is 27.9 Å². The molecule has 6 heteroatoms. The maximum atomic E-state index is 13.8. The van der Waals surface area contributed by atoms with Crippen molar-refractivity contribution in [2.75, 3.05) is 33.2 Å². The first-order chi connectivity index (χ1) is 11.5. The SMILES string of the molecule is Cc1nc2c(o1)-c1cc(F)c(F)cc1C1=CC12N1CCN(C)CC1. The van der Waals surface area contributed by atoms with Crippen LogP contribution >= 0.6 is 0 Å². The van der Waals surface area contributed by atoms with Gasteiger partial charge in [0.15, 0.2) is 23.3 Å². The van der Waals surface area contributed by atoms with Crippen molar-refractivity contribution >= 4 is 5.57 Å². The zero-order valence-electron chi connectivity index (χ0n) is 13.6. The summed E-state index contributed by atoms with van der Waals surface area (Å²) in [5, 5.41) is 0. The molecule has 5 rings (SSSR count). The van der Waals surface area contributed by atoms with Gasteiger partial charge in [0.05, 0.1) is 0 Å². The molecule has 2 heterocycles. The Bertz CT molecular complexity index is 896. The molecule has 2 aliphatic carbocycles. The van der Waals surface area contributed by atoms with Crippen molar-refractivity contribution in [2.45, 2.75) is 12.5 Å². The van der Waals surface area contributed by atoms with Crippen molar-refractivity contribution < 1.29 is 13.2 Å². The maximum absolute atomic E-state index is 13.8. The van der Waals surface area contributed by atoms with Gasteiger partial charge in [-0.3, -0.25) is 4.90 Å². The molecule has 3 aliphatic rings. The number of aromatic nitrogens is 1. The summed E-state index contributed by atoms with van der Waals surface area (Å²) in [5.74, 6) is -0.570. The first-order valence-corrected chi connectivity index (χ1v) is 8.15. The Hall–Kier alpha value is -2.05. The fourth-order valence-corrected chi connectivity index (χ4v) is 4.05. The number of fused-ring (bicyclic) bond motifs is 6. The summed E-state index contributed by atoms with van der Waals surface area (Å²) in [6.45, 7) is 5.54. The minimum Gasteiger partial charge on any atom is -0.441 e. The molecule has 4 nitrogen and oxygen atoms in total. The summed E-state index contributed by atoms with van der Waals surface area (Å²) in [4.78, 5) is 9.26. The van der Waals surface area contributed by atoms with Crippen molar-refractivity contribution in [2.24, 2.45) is 0 Å². The van der Waals surface area contributed by atoms with Crippen LogP contribution in [0.25, 0.3) is 16.9 Å². The second-order valence-electron chi connectivity index (χ2n) is 6.84. The fraction of sp³-hybridized carbons (Fsp3) is 0.389. The lowest BCUT2D eigenvalue weighted by Crippen LogP contribution is -2.50. The summed E-state index contributed by atoms with van der Waals surface area (Å²) < 4.78 is 33.4. The second kappa shape index (κ2) is 4.52. The quantitative estimate of drug-likeness (QED) is 0.805. The average Bonchev–Trinajstić information content (AvgIpc) is 3.19. The first kappa shape index (κ1) is 14.3. The zero-order chi connectivity index (χ0) is 16.6. The Morgan fingerprint density at radius 3 is 2.46 bits per heavy atom. The van der Waals surface area contributed by atoms with Crippen LogP contribution in [0.5, 0.6) is 0 Å². The van der Waals surface area contributed by atoms with Crippen LogP contribution in [-0.4, -0.2) is 48.0 Å². The molecule has 24 heavy (non-hydrogen) atoms. The van der Waals surface area contributed by atoms with Gasteiger partial charge in [-0.2, -0.15) is 0 Å². The Balaban J connectivity index is 1.68. The minimum atomic E-state index is -0.859. The van der Waals surface area contributed by atoms with E-state index >= 15 is 0 Å². The number of halogens is 2. The number of oxazole rings is 1. The number of piperazine rings is 1. The van der Waals surface area contributed by atoms with Crippen molar-refractivity contribution in [3.8, 4) is 11.3 Å². The van der Waals surface area contributed by atoms with Gasteiger partial charge in [0.2, 0.25) is 0 Å². The monoisotopic (exact) mass is 329 g/mol. The average molecular weight is 329 g/mol. The highest BCUT2D eigenvalue weighted by Gasteiger charge is 2.58. The van der Waals surface area contributed by atoms with E-state index in [1.165, 1.54) is 12.1 Å². The number of hydrogen-bond acceptors (Lipinski definition) is 4. The van der Waals surface area contributed by atoms with Crippen LogP contribution in [-0.2, 0) is 5.54 Å². The molecule has 1 aromatic carbocycles. The largest absolute Gasteiger partial charge is 0.441 e. The summed E-state index contributed by atoms with van der Waals surface area (Å²) in [6, 6.07) is 2.51. The van der Waals surface area contributed by atoms with Crippen LogP contribution in [0.15, 0.2) is 22.6 Å².